The van der Waals surface area contributed by atoms with Crippen LogP contribution in [0.15, 0.2) is 0 Å². The topological polar surface area (TPSA) is 56.5 Å². The van der Waals surface area contributed by atoms with E-state index in [2.05, 4.69) is 24.8 Å². The largest absolute Gasteiger partial charge is 0.394 e. The number of nitriles is 1. The molecule has 2 rings (SSSR count). The van der Waals surface area contributed by atoms with Gasteiger partial charge in [0.2, 0.25) is 0 Å². The molecule has 0 aromatic heterocycles. The van der Waals surface area contributed by atoms with Gasteiger partial charge in [-0.3, -0.25) is 4.90 Å². The molecule has 1 saturated carbocycles. The number of aliphatic hydroxyl groups excluding tert-OH is 1. The van der Waals surface area contributed by atoms with Crippen LogP contribution in [0.3, 0.4) is 0 Å². The summed E-state index contributed by atoms with van der Waals surface area (Å²) in [5, 5.41) is 18.1. The molecule has 0 amide bonds. The summed E-state index contributed by atoms with van der Waals surface area (Å²) in [5.41, 5.74) is 0.0382. The Kier molecular flexibility index (Phi) is 3.44. The Morgan fingerprint density at radius 2 is 2.18 bits per heavy atom. The minimum Gasteiger partial charge on any atom is -0.394 e. The maximum Gasteiger partial charge on any atom is 0.0940 e. The molecular weight excluding hydrogens is 216 g/mol. The van der Waals surface area contributed by atoms with E-state index < -0.39 is 0 Å². The second-order valence-corrected chi connectivity index (χ2v) is 6.19. The average Bonchev–Trinajstić information content (AvgIpc) is 2.95. The first-order chi connectivity index (χ1) is 7.99. The van der Waals surface area contributed by atoms with Crippen molar-refractivity contribution >= 4 is 0 Å². The van der Waals surface area contributed by atoms with Crippen molar-refractivity contribution in [1.29, 1.82) is 5.26 Å². The standard InChI is InChI=1S/C13H22N2O2/c1-12(2)9-15(7-11(8-16)17-12)10-13(3-4-13)5-6-14/h11,16H,3-5,7-10H2,1-2H3. The highest BCUT2D eigenvalue weighted by Gasteiger charge is 2.45. The summed E-state index contributed by atoms with van der Waals surface area (Å²) in [6.45, 7) is 6.84. The highest BCUT2D eigenvalue weighted by Crippen LogP contribution is 2.49. The monoisotopic (exact) mass is 238 g/mol. The number of aliphatic hydroxyl groups is 1. The van der Waals surface area contributed by atoms with Gasteiger partial charge in [-0.25, -0.2) is 0 Å². The van der Waals surface area contributed by atoms with Crippen LogP contribution in [0.4, 0.5) is 0 Å². The first kappa shape index (κ1) is 12.8. The van der Waals surface area contributed by atoms with Crippen molar-refractivity contribution in [1.82, 2.24) is 4.90 Å². The Hall–Kier alpha value is -0.630. The highest BCUT2D eigenvalue weighted by molar-refractivity contribution is 5.02. The zero-order valence-corrected chi connectivity index (χ0v) is 10.8. The van der Waals surface area contributed by atoms with Crippen LogP contribution in [0, 0.1) is 16.7 Å². The number of hydrogen-bond acceptors (Lipinski definition) is 4. The molecule has 1 atom stereocenters. The first-order valence-corrected chi connectivity index (χ1v) is 6.37. The second-order valence-electron chi connectivity index (χ2n) is 6.19. The molecule has 0 radical (unpaired) electrons. The third-order valence-corrected chi connectivity index (χ3v) is 3.73. The molecule has 17 heavy (non-hydrogen) atoms. The Labute approximate surface area is 103 Å². The van der Waals surface area contributed by atoms with Gasteiger partial charge in [0, 0.05) is 26.1 Å². The molecule has 0 aromatic rings. The summed E-state index contributed by atoms with van der Waals surface area (Å²) in [5.74, 6) is 0. The van der Waals surface area contributed by atoms with Crippen molar-refractivity contribution in [2.24, 2.45) is 5.41 Å². The number of nitrogens with zero attached hydrogens (tertiary/aromatic N) is 2. The molecule has 0 spiro atoms. The van der Waals surface area contributed by atoms with Crippen LogP contribution in [-0.4, -0.2) is 48.0 Å². The molecule has 1 heterocycles. The van der Waals surface area contributed by atoms with E-state index in [1.165, 1.54) is 12.8 Å². The van der Waals surface area contributed by atoms with Gasteiger partial charge >= 0.3 is 0 Å². The Balaban J connectivity index is 1.94. The molecule has 1 saturated heterocycles. The molecule has 4 nitrogen and oxygen atoms in total. The van der Waals surface area contributed by atoms with Gasteiger partial charge in [-0.05, 0) is 32.1 Å². The summed E-state index contributed by atoms with van der Waals surface area (Å²) in [7, 11) is 0. The van der Waals surface area contributed by atoms with Crippen molar-refractivity contribution in [2.45, 2.75) is 44.8 Å². The van der Waals surface area contributed by atoms with Gasteiger partial charge < -0.3 is 9.84 Å². The molecule has 1 aliphatic heterocycles. The van der Waals surface area contributed by atoms with Crippen LogP contribution in [0.5, 0.6) is 0 Å². The molecule has 0 aromatic carbocycles. The van der Waals surface area contributed by atoms with Gasteiger partial charge in [0.15, 0.2) is 0 Å². The van der Waals surface area contributed by atoms with Crippen LogP contribution in [-0.2, 0) is 4.74 Å². The molecule has 1 aliphatic carbocycles. The van der Waals surface area contributed by atoms with E-state index in [1.807, 2.05) is 0 Å². The minimum absolute atomic E-state index is 0.0746. The van der Waals surface area contributed by atoms with Crippen LogP contribution in [0.25, 0.3) is 0 Å². The van der Waals surface area contributed by atoms with E-state index in [1.54, 1.807) is 0 Å². The normalized spacial score (nSPS) is 30.8. The van der Waals surface area contributed by atoms with E-state index in [-0.39, 0.29) is 23.7 Å². The van der Waals surface area contributed by atoms with Crippen molar-refractivity contribution in [3.05, 3.63) is 0 Å². The molecule has 0 bridgehead atoms. The summed E-state index contributed by atoms with van der Waals surface area (Å²) in [4.78, 5) is 2.36. The van der Waals surface area contributed by atoms with E-state index in [4.69, 9.17) is 10.00 Å². The molecule has 96 valence electrons. The van der Waals surface area contributed by atoms with E-state index in [9.17, 15) is 5.11 Å². The lowest BCUT2D eigenvalue weighted by Gasteiger charge is -2.43. The first-order valence-electron chi connectivity index (χ1n) is 6.37. The third kappa shape index (κ3) is 3.19. The number of ether oxygens (including phenoxy) is 1. The summed E-state index contributed by atoms with van der Waals surface area (Å²) in [6.07, 6.45) is 2.91. The smallest absolute Gasteiger partial charge is 0.0940 e. The maximum atomic E-state index is 9.25. The lowest BCUT2D eigenvalue weighted by atomic mass is 9.99. The van der Waals surface area contributed by atoms with Gasteiger partial charge in [-0.1, -0.05) is 0 Å². The van der Waals surface area contributed by atoms with E-state index >= 15 is 0 Å². The van der Waals surface area contributed by atoms with Crippen LogP contribution in [0.2, 0.25) is 0 Å². The summed E-state index contributed by atoms with van der Waals surface area (Å²) >= 11 is 0. The molecule has 4 heteroatoms. The highest BCUT2D eigenvalue weighted by atomic mass is 16.5. The van der Waals surface area contributed by atoms with Crippen LogP contribution < -0.4 is 0 Å². The minimum atomic E-state index is -0.200. The molecule has 1 unspecified atom stereocenters. The van der Waals surface area contributed by atoms with Gasteiger partial charge in [0.25, 0.3) is 0 Å². The number of hydrogen-bond donors (Lipinski definition) is 1. The molecular formula is C13H22N2O2. The molecule has 2 fully saturated rings. The van der Waals surface area contributed by atoms with E-state index in [0.29, 0.717) is 6.42 Å². The summed E-state index contributed by atoms with van der Waals surface area (Å²) in [6, 6.07) is 2.30. The zero-order chi connectivity index (χ0) is 12.5. The fourth-order valence-corrected chi connectivity index (χ4v) is 2.84. The second kappa shape index (κ2) is 4.56. The van der Waals surface area contributed by atoms with Crippen molar-refractivity contribution in [3.8, 4) is 6.07 Å². The Bertz CT molecular complexity index is 318. The van der Waals surface area contributed by atoms with Gasteiger partial charge in [-0.2, -0.15) is 5.26 Å². The fourth-order valence-electron chi connectivity index (χ4n) is 2.84. The third-order valence-electron chi connectivity index (χ3n) is 3.73. The van der Waals surface area contributed by atoms with Crippen molar-refractivity contribution in [2.75, 3.05) is 26.2 Å². The SMILES string of the molecule is CC1(C)CN(CC2(CC#N)CC2)CC(CO)O1. The molecule has 2 aliphatic rings. The van der Waals surface area contributed by atoms with Crippen LogP contribution in [0.1, 0.15) is 33.1 Å². The lowest BCUT2D eigenvalue weighted by Crippen LogP contribution is -2.54. The Morgan fingerprint density at radius 3 is 2.71 bits per heavy atom. The van der Waals surface area contributed by atoms with Gasteiger partial charge in [0.1, 0.15) is 0 Å². The zero-order valence-electron chi connectivity index (χ0n) is 10.8. The number of rotatable bonds is 4. The van der Waals surface area contributed by atoms with Crippen molar-refractivity contribution in [3.63, 3.8) is 0 Å². The maximum absolute atomic E-state index is 9.25. The predicted molar refractivity (Wildman–Crippen MR) is 64.4 cm³/mol. The van der Waals surface area contributed by atoms with Gasteiger partial charge in [0.05, 0.1) is 24.4 Å². The lowest BCUT2D eigenvalue weighted by molar-refractivity contribution is -0.151. The Morgan fingerprint density at radius 1 is 1.47 bits per heavy atom. The predicted octanol–water partition coefficient (Wildman–Crippen LogP) is 1.15. The quantitative estimate of drug-likeness (QED) is 0.798. The molecule has 1 N–H and O–H groups in total. The average molecular weight is 238 g/mol. The summed E-state index contributed by atoms with van der Waals surface area (Å²) < 4.78 is 5.79. The number of morpholine rings is 1. The van der Waals surface area contributed by atoms with Gasteiger partial charge in [-0.15, -0.1) is 0 Å². The van der Waals surface area contributed by atoms with Crippen molar-refractivity contribution < 1.29 is 9.84 Å². The van der Waals surface area contributed by atoms with E-state index in [0.717, 1.165) is 19.6 Å². The fraction of sp³-hybridized carbons (Fsp3) is 0.923. The van der Waals surface area contributed by atoms with Crippen LogP contribution >= 0.6 is 0 Å².